The van der Waals surface area contributed by atoms with Crippen molar-refractivity contribution in [3.05, 3.63) is 11.6 Å². The Kier molecular flexibility index (Phi) is 14.5. The van der Waals surface area contributed by atoms with Crippen LogP contribution in [0.25, 0.3) is 0 Å². The molecule has 0 aromatic carbocycles. The Balaban J connectivity index is 1.14. The number of allylic oxidation sites excluding steroid dienone is 1. The highest BCUT2D eigenvalue weighted by Crippen LogP contribution is 2.76. The van der Waals surface area contributed by atoms with Gasteiger partial charge in [0.2, 0.25) is 0 Å². The minimum atomic E-state index is -2.15. The van der Waals surface area contributed by atoms with Crippen molar-refractivity contribution >= 4 is 5.97 Å². The first kappa shape index (κ1) is 53.7. The second kappa shape index (κ2) is 18.7. The zero-order valence-electron chi connectivity index (χ0n) is 39.9. The number of carbonyl (C=O) groups is 1. The Morgan fingerprint density at radius 3 is 1.75 bits per heavy atom. The van der Waals surface area contributed by atoms with Crippen molar-refractivity contribution in [2.24, 2.45) is 50.2 Å². The monoisotopic (exact) mass is 992 g/mol. The number of aliphatic carboxylic acids is 1. The van der Waals surface area contributed by atoms with Crippen LogP contribution in [0.2, 0.25) is 0 Å². The minimum Gasteiger partial charge on any atom is -0.479 e. The third-order valence-corrected chi connectivity index (χ3v) is 19.6. The summed E-state index contributed by atoms with van der Waals surface area (Å²) in [5.74, 6) is -2.79. The molecule has 27 atom stereocenters. The fourth-order valence-electron chi connectivity index (χ4n) is 15.3. The predicted octanol–water partition coefficient (Wildman–Crippen LogP) is -3.80. The van der Waals surface area contributed by atoms with Crippen LogP contribution in [0.1, 0.15) is 80.1 Å². The summed E-state index contributed by atoms with van der Waals surface area (Å²) in [7, 11) is 0. The zero-order chi connectivity index (χ0) is 50.9. The SMILES string of the molecule is CC1(C)C[C@H]2C3=CC[C@@H]4[C@@]5(C)CC[C@H](O[C@@H]6O[C@H](C(=O)O)[C@@H](O)[C@H](O[C@@H]7O[C@@H](CO)[C@H](O)[C@H]7O)[C@H]6O[C@@H]6O[C@H](CO)[C@H](O)[C@H](O)[C@H]6O)[C@](C)(CO)[C@@H]5CC[C@@]4(C)[C@]3(C)[C@@H](O)[C@@H](O)[C@@]2(CO)[C@@H](O)[C@@H]1O. The van der Waals surface area contributed by atoms with Crippen molar-refractivity contribution in [1.29, 1.82) is 0 Å². The number of aliphatic hydroxyl groups is 14. The summed E-state index contributed by atoms with van der Waals surface area (Å²) in [5, 5.41) is 165. The largest absolute Gasteiger partial charge is 0.479 e. The molecule has 3 aliphatic heterocycles. The number of aliphatic hydroxyl groups excluding tert-OH is 14. The van der Waals surface area contributed by atoms with Crippen LogP contribution >= 0.6 is 0 Å². The zero-order valence-corrected chi connectivity index (χ0v) is 39.9. The normalized spacial score (nSPS) is 56.0. The minimum absolute atomic E-state index is 0.187. The van der Waals surface area contributed by atoms with Crippen LogP contribution in [0.15, 0.2) is 11.6 Å². The molecule has 0 unspecified atom stereocenters. The van der Waals surface area contributed by atoms with Gasteiger partial charge in [-0.15, -0.1) is 0 Å². The first-order valence-electron chi connectivity index (χ1n) is 24.3. The number of carboxylic acid groups (broad SMARTS) is 1. The second-order valence-electron chi connectivity index (χ2n) is 23.1. The van der Waals surface area contributed by atoms with E-state index >= 15 is 0 Å². The molecule has 4 saturated carbocycles. The van der Waals surface area contributed by atoms with E-state index in [4.69, 9.17) is 28.4 Å². The van der Waals surface area contributed by atoms with Crippen molar-refractivity contribution < 1.29 is 110 Å². The van der Waals surface area contributed by atoms with Crippen molar-refractivity contribution in [2.75, 3.05) is 26.4 Å². The summed E-state index contributed by atoms with van der Waals surface area (Å²) in [6, 6.07) is 0. The number of ether oxygens (including phenoxy) is 6. The van der Waals surface area contributed by atoms with E-state index in [1.54, 1.807) is 0 Å². The molecule has 22 nitrogen and oxygen atoms in total. The molecule has 0 spiro atoms. The molecule has 8 rings (SSSR count). The van der Waals surface area contributed by atoms with Crippen LogP contribution in [0.3, 0.4) is 0 Å². The number of hydrogen-bond donors (Lipinski definition) is 15. The van der Waals surface area contributed by atoms with Gasteiger partial charge < -0.3 is 105 Å². The maximum absolute atomic E-state index is 12.8. The molecule has 0 aromatic heterocycles. The number of hydrogen-bond acceptors (Lipinski definition) is 21. The van der Waals surface area contributed by atoms with Gasteiger partial charge in [0.05, 0.1) is 62.4 Å². The first-order chi connectivity index (χ1) is 32.2. The molecular weight excluding hydrogens is 916 g/mol. The standard InChI is InChI=1S/C47H76O22/c1-42(2)13-19-18-7-8-23-43(3)11-10-24(44(4,16-50)22(43)9-12-45(23,5)46(18,6)35(59)37(61)47(19,17-51)36(60)34(42)58)66-41-33(69-40-29(56)27(54)25(52)20(14-48)64-40)31(30(57)32(68-41)38(62)63)67-39-28(55)26(53)21(15-49)65-39/h7,19-37,39-41,48-61H,8-17H2,1-6H3,(H,62,63)/t19-,20+,21-,22+,23+,24-,25-,26-,27-,28+,29+,30-,31-,32-,33+,34-,35-,36-,37+,39-,40-,41+,43-,44+,45+,46-,47+/m0/s1. The van der Waals surface area contributed by atoms with E-state index in [0.717, 1.165) is 5.57 Å². The molecule has 0 bridgehead atoms. The van der Waals surface area contributed by atoms with Gasteiger partial charge in [-0.2, -0.15) is 0 Å². The van der Waals surface area contributed by atoms with Crippen LogP contribution in [0.5, 0.6) is 0 Å². The number of rotatable bonds is 11. The molecule has 0 aromatic rings. The molecule has 0 amide bonds. The van der Waals surface area contributed by atoms with E-state index in [0.29, 0.717) is 32.1 Å². The third-order valence-electron chi connectivity index (χ3n) is 19.6. The highest BCUT2D eigenvalue weighted by molar-refractivity contribution is 5.73. The molecule has 69 heavy (non-hydrogen) atoms. The highest BCUT2D eigenvalue weighted by atomic mass is 16.8. The smallest absolute Gasteiger partial charge is 0.335 e. The average molecular weight is 993 g/mol. The summed E-state index contributed by atoms with van der Waals surface area (Å²) < 4.78 is 36.0. The maximum atomic E-state index is 12.8. The molecule has 22 heteroatoms. The van der Waals surface area contributed by atoms with Gasteiger partial charge in [0.15, 0.2) is 25.0 Å². The fraction of sp³-hybridized carbons (Fsp3) is 0.936. The Hall–Kier alpha value is -1.59. The highest BCUT2D eigenvalue weighted by Gasteiger charge is 2.75. The van der Waals surface area contributed by atoms with Gasteiger partial charge in [-0.05, 0) is 72.5 Å². The lowest BCUT2D eigenvalue weighted by atomic mass is 9.32. The Morgan fingerprint density at radius 2 is 1.19 bits per heavy atom. The van der Waals surface area contributed by atoms with E-state index in [1.807, 2.05) is 27.7 Å². The molecule has 396 valence electrons. The Labute approximate surface area is 400 Å². The van der Waals surface area contributed by atoms with E-state index in [1.165, 1.54) is 0 Å². The lowest BCUT2D eigenvalue weighted by molar-refractivity contribution is -0.387. The van der Waals surface area contributed by atoms with Gasteiger partial charge in [-0.1, -0.05) is 53.2 Å². The van der Waals surface area contributed by atoms with Crippen LogP contribution in [0.4, 0.5) is 0 Å². The molecule has 3 heterocycles. The van der Waals surface area contributed by atoms with Crippen LogP contribution in [-0.4, -0.2) is 226 Å². The lowest BCUT2D eigenvalue weighted by Gasteiger charge is -2.73. The molecule has 8 aliphatic rings. The van der Waals surface area contributed by atoms with Gasteiger partial charge in [-0.25, -0.2) is 4.79 Å². The van der Waals surface area contributed by atoms with E-state index < -0.39 is 187 Å². The van der Waals surface area contributed by atoms with Crippen LogP contribution in [0, 0.1) is 50.2 Å². The van der Waals surface area contributed by atoms with Crippen molar-refractivity contribution in [3.8, 4) is 0 Å². The quantitative estimate of drug-likeness (QED) is 0.0697. The number of carboxylic acids is 1. The summed E-state index contributed by atoms with van der Waals surface area (Å²) in [5.41, 5.74) is -5.15. The summed E-state index contributed by atoms with van der Waals surface area (Å²) in [6.45, 7) is 8.92. The number of fused-ring (bicyclic) bond motifs is 7. The van der Waals surface area contributed by atoms with Gasteiger partial charge >= 0.3 is 5.97 Å². The topological polar surface area (TPSA) is 376 Å². The average Bonchev–Trinajstić information content (AvgIpc) is 3.58. The van der Waals surface area contributed by atoms with Gasteiger partial charge in [0.1, 0.15) is 61.0 Å². The van der Waals surface area contributed by atoms with Gasteiger partial charge in [0, 0.05) is 10.8 Å². The third kappa shape index (κ3) is 7.68. The summed E-state index contributed by atoms with van der Waals surface area (Å²) in [4.78, 5) is 12.8. The van der Waals surface area contributed by atoms with Crippen molar-refractivity contribution in [1.82, 2.24) is 0 Å². The van der Waals surface area contributed by atoms with Crippen molar-refractivity contribution in [3.63, 3.8) is 0 Å². The van der Waals surface area contributed by atoms with E-state index in [2.05, 4.69) is 19.9 Å². The molecule has 7 fully saturated rings. The molecular formula is C47H76O22. The molecule has 15 N–H and O–H groups in total. The van der Waals surface area contributed by atoms with Crippen LogP contribution < -0.4 is 0 Å². The summed E-state index contributed by atoms with van der Waals surface area (Å²) in [6.07, 6.45) is -28.1. The predicted molar refractivity (Wildman–Crippen MR) is 232 cm³/mol. The summed E-state index contributed by atoms with van der Waals surface area (Å²) >= 11 is 0. The fourth-order valence-corrected chi connectivity index (χ4v) is 15.3. The first-order valence-corrected chi connectivity index (χ1v) is 24.3. The van der Waals surface area contributed by atoms with E-state index in [-0.39, 0.29) is 18.3 Å². The second-order valence-corrected chi connectivity index (χ2v) is 23.1. The lowest BCUT2D eigenvalue weighted by Crippen LogP contribution is -2.76. The Bertz CT molecular complexity index is 1910. The molecule has 5 aliphatic carbocycles. The van der Waals surface area contributed by atoms with Gasteiger partial charge in [0.25, 0.3) is 0 Å². The van der Waals surface area contributed by atoms with E-state index in [9.17, 15) is 81.4 Å². The molecule has 0 radical (unpaired) electrons. The Morgan fingerprint density at radius 1 is 0.623 bits per heavy atom. The van der Waals surface area contributed by atoms with Gasteiger partial charge in [-0.3, -0.25) is 0 Å². The van der Waals surface area contributed by atoms with Crippen LogP contribution in [-0.2, 0) is 33.2 Å². The molecule has 3 saturated heterocycles. The maximum Gasteiger partial charge on any atom is 0.335 e. The van der Waals surface area contributed by atoms with Crippen molar-refractivity contribution in [2.45, 2.75) is 197 Å².